The van der Waals surface area contributed by atoms with Gasteiger partial charge in [0, 0.05) is 0 Å². The Labute approximate surface area is 106 Å². The molecule has 0 bridgehead atoms. The molecule has 1 aromatic heterocycles. The predicted octanol–water partition coefficient (Wildman–Crippen LogP) is 2.99. The van der Waals surface area contributed by atoms with Crippen LogP contribution in [0.2, 0.25) is 3.43 Å². The van der Waals surface area contributed by atoms with E-state index < -0.39 is 21.1 Å². The molecular formula is C13H16O2Sn. The first-order valence-corrected chi connectivity index (χ1v) is 8.20. The fourth-order valence-electron chi connectivity index (χ4n) is 1.64. The van der Waals surface area contributed by atoms with E-state index in [0.29, 0.717) is 3.43 Å². The first kappa shape index (κ1) is 11.8. The maximum atomic E-state index is 5.88. The molecule has 0 atom stereocenters. The summed E-state index contributed by atoms with van der Waals surface area (Å²) in [5, 5.41) is 1.10. The van der Waals surface area contributed by atoms with Gasteiger partial charge in [0.2, 0.25) is 0 Å². The quantitative estimate of drug-likeness (QED) is 0.793. The summed E-state index contributed by atoms with van der Waals surface area (Å²) in [6.45, 7) is 6.84. The van der Waals surface area contributed by atoms with Gasteiger partial charge in [-0.05, 0) is 0 Å². The second-order valence-corrected chi connectivity index (χ2v) is 11.3. The Morgan fingerprint density at radius 1 is 1.25 bits per heavy atom. The first-order valence-electron chi connectivity index (χ1n) is 5.34. The minimum atomic E-state index is -0.672. The van der Waals surface area contributed by atoms with Gasteiger partial charge in [0.25, 0.3) is 0 Å². The molecule has 2 aromatic rings. The Morgan fingerprint density at radius 2 is 2.00 bits per heavy atom. The molecular weight excluding hydrogens is 307 g/mol. The van der Waals surface area contributed by atoms with Crippen molar-refractivity contribution in [2.24, 2.45) is 0 Å². The topological polar surface area (TPSA) is 22.4 Å². The van der Waals surface area contributed by atoms with Gasteiger partial charge in [-0.25, -0.2) is 0 Å². The molecule has 0 unspecified atom stereocenters. The summed E-state index contributed by atoms with van der Waals surface area (Å²) in [6.07, 6.45) is 0. The van der Waals surface area contributed by atoms with Crippen LogP contribution in [0.15, 0.2) is 28.7 Å². The zero-order valence-corrected chi connectivity index (χ0v) is 13.0. The summed E-state index contributed by atoms with van der Waals surface area (Å²) in [7, 11) is 1.70. The van der Waals surface area contributed by atoms with Gasteiger partial charge in [-0.15, -0.1) is 0 Å². The van der Waals surface area contributed by atoms with Gasteiger partial charge in [0.05, 0.1) is 0 Å². The SMILES string of the molecule is COc1cccc2o[c]([Sn][C](C)(C)C)cc12. The van der Waals surface area contributed by atoms with Crippen molar-refractivity contribution >= 4 is 35.9 Å². The summed E-state index contributed by atoms with van der Waals surface area (Å²) in [6, 6.07) is 8.11. The molecule has 0 aliphatic carbocycles. The van der Waals surface area contributed by atoms with Crippen molar-refractivity contribution in [3.63, 3.8) is 0 Å². The monoisotopic (exact) mass is 324 g/mol. The third-order valence-electron chi connectivity index (χ3n) is 2.24. The number of furan rings is 1. The van der Waals surface area contributed by atoms with Gasteiger partial charge in [-0.3, -0.25) is 0 Å². The van der Waals surface area contributed by atoms with Gasteiger partial charge in [-0.2, -0.15) is 0 Å². The molecule has 0 saturated carbocycles. The third kappa shape index (κ3) is 2.54. The van der Waals surface area contributed by atoms with Crippen LogP contribution < -0.4 is 8.51 Å². The fourth-order valence-corrected chi connectivity index (χ4v) is 4.83. The molecule has 0 amide bonds. The van der Waals surface area contributed by atoms with Gasteiger partial charge in [-0.1, -0.05) is 0 Å². The second-order valence-electron chi connectivity index (χ2n) is 4.86. The van der Waals surface area contributed by atoms with Crippen molar-refractivity contribution in [3.8, 4) is 5.75 Å². The zero-order chi connectivity index (χ0) is 11.8. The summed E-state index contributed by atoms with van der Waals surface area (Å²) in [5.41, 5.74) is 0.944. The van der Waals surface area contributed by atoms with Crippen LogP contribution >= 0.6 is 0 Å². The van der Waals surface area contributed by atoms with Crippen molar-refractivity contribution in [1.29, 1.82) is 0 Å². The molecule has 2 radical (unpaired) electrons. The molecule has 2 nitrogen and oxygen atoms in total. The minimum absolute atomic E-state index is 0.407. The molecule has 0 spiro atoms. The molecule has 0 saturated heterocycles. The number of hydrogen-bond acceptors (Lipinski definition) is 2. The summed E-state index contributed by atoms with van der Waals surface area (Å²) in [4.78, 5) is 0. The van der Waals surface area contributed by atoms with Crippen LogP contribution in [-0.4, -0.2) is 28.3 Å². The van der Waals surface area contributed by atoms with Crippen molar-refractivity contribution in [2.45, 2.75) is 24.2 Å². The Morgan fingerprint density at radius 3 is 2.62 bits per heavy atom. The summed E-state index contributed by atoms with van der Waals surface area (Å²) >= 11 is -0.672. The third-order valence-corrected chi connectivity index (χ3v) is 5.79. The van der Waals surface area contributed by atoms with Crippen molar-refractivity contribution in [3.05, 3.63) is 24.3 Å². The van der Waals surface area contributed by atoms with Gasteiger partial charge < -0.3 is 0 Å². The number of benzene rings is 1. The van der Waals surface area contributed by atoms with E-state index in [1.54, 1.807) is 7.11 Å². The van der Waals surface area contributed by atoms with Crippen LogP contribution in [0.5, 0.6) is 5.75 Å². The van der Waals surface area contributed by atoms with E-state index in [-0.39, 0.29) is 0 Å². The molecule has 2 rings (SSSR count). The van der Waals surface area contributed by atoms with Gasteiger partial charge in [0.15, 0.2) is 0 Å². The van der Waals surface area contributed by atoms with E-state index in [2.05, 4.69) is 26.8 Å². The molecule has 84 valence electrons. The zero-order valence-electron chi connectivity index (χ0n) is 10.1. The van der Waals surface area contributed by atoms with Crippen LogP contribution in [0.4, 0.5) is 0 Å². The molecule has 0 N–H and O–H groups in total. The molecule has 16 heavy (non-hydrogen) atoms. The Hall–Kier alpha value is -0.641. The van der Waals surface area contributed by atoms with Crippen LogP contribution in [0.3, 0.4) is 0 Å². The van der Waals surface area contributed by atoms with Crippen LogP contribution in [0.1, 0.15) is 20.8 Å². The van der Waals surface area contributed by atoms with Gasteiger partial charge >= 0.3 is 106 Å². The Kier molecular flexibility index (Phi) is 3.19. The standard InChI is InChI=1S/C9H7O2.C4H9.Sn/c1-10-8-3-2-4-9-7(8)5-6-11-9;1-4(2)3;/h2-5H,1H3;1-3H3;. The Balaban J connectivity index is 2.44. The number of rotatable bonds is 2. The van der Waals surface area contributed by atoms with E-state index in [0.717, 1.165) is 16.7 Å². The number of fused-ring (bicyclic) bond motifs is 1. The first-order chi connectivity index (χ1) is 7.49. The number of ether oxygens (including phenoxy) is 1. The average Bonchev–Trinajstić information content (AvgIpc) is 2.56. The van der Waals surface area contributed by atoms with Crippen molar-refractivity contribution < 1.29 is 9.15 Å². The van der Waals surface area contributed by atoms with Crippen LogP contribution in [-0.2, 0) is 0 Å². The molecule has 1 aromatic carbocycles. The molecule has 0 aliphatic rings. The van der Waals surface area contributed by atoms with E-state index in [9.17, 15) is 0 Å². The van der Waals surface area contributed by atoms with Crippen molar-refractivity contribution in [2.75, 3.05) is 7.11 Å². The van der Waals surface area contributed by atoms with Crippen molar-refractivity contribution in [1.82, 2.24) is 0 Å². The van der Waals surface area contributed by atoms with E-state index >= 15 is 0 Å². The molecule has 0 aliphatic heterocycles. The number of methoxy groups -OCH3 is 1. The second kappa shape index (κ2) is 4.32. The van der Waals surface area contributed by atoms with E-state index in [4.69, 9.17) is 9.15 Å². The average molecular weight is 323 g/mol. The van der Waals surface area contributed by atoms with Crippen LogP contribution in [0, 0.1) is 0 Å². The molecule has 3 heteroatoms. The summed E-state index contributed by atoms with van der Waals surface area (Å²) in [5.74, 6) is 0.904. The normalized spacial score (nSPS) is 12.0. The van der Waals surface area contributed by atoms with Gasteiger partial charge in [0.1, 0.15) is 0 Å². The predicted molar refractivity (Wildman–Crippen MR) is 67.9 cm³/mol. The van der Waals surface area contributed by atoms with Crippen LogP contribution in [0.25, 0.3) is 11.0 Å². The molecule has 1 heterocycles. The molecule has 0 fully saturated rings. The number of hydrogen-bond donors (Lipinski definition) is 0. The van der Waals surface area contributed by atoms with E-state index in [1.165, 1.54) is 3.78 Å². The Bertz CT molecular complexity index is 494. The maximum absolute atomic E-state index is 5.88. The fraction of sp³-hybridized carbons (Fsp3) is 0.385. The van der Waals surface area contributed by atoms with E-state index in [1.807, 2.05) is 18.2 Å². The summed E-state index contributed by atoms with van der Waals surface area (Å²) < 4.78 is 12.8.